The number of rotatable bonds is 7. The van der Waals surface area contributed by atoms with E-state index in [1.54, 1.807) is 7.05 Å². The number of unbranched alkanes of at least 4 members (excludes halogenated alkanes) is 2. The summed E-state index contributed by atoms with van der Waals surface area (Å²) in [6.07, 6.45) is 6.11. The van der Waals surface area contributed by atoms with E-state index in [0.717, 1.165) is 45.1 Å². The second-order valence-corrected chi connectivity index (χ2v) is 6.99. The van der Waals surface area contributed by atoms with Crippen molar-refractivity contribution in [2.24, 2.45) is 0 Å². The predicted molar refractivity (Wildman–Crippen MR) is 69.5 cm³/mol. The molecular formula is C12H25NO3S. The molecule has 5 heteroatoms. The number of nitrogens with zero attached hydrogens (tertiary/aromatic N) is 1. The molecule has 0 unspecified atom stereocenters. The number of likely N-dealkylation sites (N-methyl/N-ethyl adjacent to an activating group) is 1. The molecule has 1 atom stereocenters. The topological polar surface area (TPSA) is 46.6 Å². The lowest BCUT2D eigenvalue weighted by Crippen LogP contribution is -2.38. The van der Waals surface area contributed by atoms with E-state index in [9.17, 15) is 8.42 Å². The zero-order valence-corrected chi connectivity index (χ0v) is 11.8. The van der Waals surface area contributed by atoms with Crippen LogP contribution in [0.1, 0.15) is 45.4 Å². The summed E-state index contributed by atoms with van der Waals surface area (Å²) in [6, 6.07) is 0. The van der Waals surface area contributed by atoms with Crippen molar-refractivity contribution < 1.29 is 13.2 Å². The molecule has 1 aliphatic heterocycles. The van der Waals surface area contributed by atoms with E-state index in [0.29, 0.717) is 6.54 Å². The van der Waals surface area contributed by atoms with Gasteiger partial charge in [0.1, 0.15) is 0 Å². The van der Waals surface area contributed by atoms with Gasteiger partial charge in [-0.1, -0.05) is 19.8 Å². The van der Waals surface area contributed by atoms with Gasteiger partial charge < -0.3 is 4.74 Å². The second kappa shape index (κ2) is 7.34. The highest BCUT2D eigenvalue weighted by Crippen LogP contribution is 2.15. The Morgan fingerprint density at radius 3 is 2.65 bits per heavy atom. The van der Waals surface area contributed by atoms with Gasteiger partial charge in [0.25, 0.3) is 0 Å². The maximum absolute atomic E-state index is 11.9. The maximum Gasteiger partial charge on any atom is 0.213 e. The van der Waals surface area contributed by atoms with E-state index < -0.39 is 10.0 Å². The highest BCUT2D eigenvalue weighted by molar-refractivity contribution is 7.89. The van der Waals surface area contributed by atoms with Crippen LogP contribution in [0.3, 0.4) is 0 Å². The Bertz CT molecular complexity index is 297. The molecule has 1 fully saturated rings. The standard InChI is InChI=1S/C12H25NO3S/c1-3-4-7-10-17(14,15)13(2)11-12-8-5-6-9-16-12/h12H,3-11H2,1-2H3/t12-/m1/s1. The summed E-state index contributed by atoms with van der Waals surface area (Å²) in [4.78, 5) is 0. The van der Waals surface area contributed by atoms with Gasteiger partial charge >= 0.3 is 0 Å². The molecule has 0 aromatic heterocycles. The number of hydrogen-bond acceptors (Lipinski definition) is 3. The lowest BCUT2D eigenvalue weighted by Gasteiger charge is -2.27. The van der Waals surface area contributed by atoms with Crippen LogP contribution in [0, 0.1) is 0 Å². The molecule has 17 heavy (non-hydrogen) atoms. The number of ether oxygens (including phenoxy) is 1. The normalized spacial score (nSPS) is 21.9. The molecule has 0 aliphatic carbocycles. The monoisotopic (exact) mass is 263 g/mol. The van der Waals surface area contributed by atoms with Gasteiger partial charge in [-0.3, -0.25) is 0 Å². The van der Waals surface area contributed by atoms with Crippen molar-refractivity contribution >= 4 is 10.0 Å². The second-order valence-electron chi connectivity index (χ2n) is 4.79. The third-order valence-electron chi connectivity index (χ3n) is 3.22. The lowest BCUT2D eigenvalue weighted by molar-refractivity contribution is 0.00859. The van der Waals surface area contributed by atoms with Crippen LogP contribution in [0.2, 0.25) is 0 Å². The molecule has 0 bridgehead atoms. The van der Waals surface area contributed by atoms with Crippen molar-refractivity contribution in [3.8, 4) is 0 Å². The summed E-state index contributed by atoms with van der Waals surface area (Å²) in [6.45, 7) is 3.36. The first kappa shape index (κ1) is 14.9. The summed E-state index contributed by atoms with van der Waals surface area (Å²) in [5, 5.41) is 0. The minimum absolute atomic E-state index is 0.0923. The van der Waals surface area contributed by atoms with Gasteiger partial charge in [0.15, 0.2) is 0 Å². The third kappa shape index (κ3) is 5.36. The average molecular weight is 263 g/mol. The first-order chi connectivity index (χ1) is 8.06. The van der Waals surface area contributed by atoms with E-state index in [-0.39, 0.29) is 11.9 Å². The molecule has 0 spiro atoms. The van der Waals surface area contributed by atoms with Crippen LogP contribution < -0.4 is 0 Å². The Morgan fingerprint density at radius 1 is 1.29 bits per heavy atom. The first-order valence-electron chi connectivity index (χ1n) is 6.62. The molecule has 1 rings (SSSR count). The van der Waals surface area contributed by atoms with Crippen LogP contribution in [0.5, 0.6) is 0 Å². The molecule has 1 heterocycles. The van der Waals surface area contributed by atoms with Crippen LogP contribution in [0.25, 0.3) is 0 Å². The predicted octanol–water partition coefficient (Wildman–Crippen LogP) is 2.01. The molecule has 1 saturated heterocycles. The molecule has 0 aromatic carbocycles. The number of sulfonamides is 1. The molecule has 0 aromatic rings. The lowest BCUT2D eigenvalue weighted by atomic mass is 10.1. The van der Waals surface area contributed by atoms with Crippen LogP contribution in [0.4, 0.5) is 0 Å². The summed E-state index contributed by atoms with van der Waals surface area (Å²) in [7, 11) is -1.41. The van der Waals surface area contributed by atoms with Gasteiger partial charge in [0.2, 0.25) is 10.0 Å². The SMILES string of the molecule is CCCCCS(=O)(=O)N(C)C[C@H]1CCCCO1. The van der Waals surface area contributed by atoms with Crippen molar-refractivity contribution in [1.29, 1.82) is 0 Å². The smallest absolute Gasteiger partial charge is 0.213 e. The van der Waals surface area contributed by atoms with Crippen LogP contribution in [-0.2, 0) is 14.8 Å². The van der Waals surface area contributed by atoms with Crippen LogP contribution in [0.15, 0.2) is 0 Å². The Balaban J connectivity index is 2.36. The fraction of sp³-hybridized carbons (Fsp3) is 1.00. The average Bonchev–Trinajstić information content (AvgIpc) is 2.30. The Hall–Kier alpha value is -0.130. The fourth-order valence-corrected chi connectivity index (χ4v) is 3.32. The Labute approximate surface area is 105 Å². The highest BCUT2D eigenvalue weighted by atomic mass is 32.2. The number of hydrogen-bond donors (Lipinski definition) is 0. The zero-order valence-electron chi connectivity index (χ0n) is 11.0. The first-order valence-corrected chi connectivity index (χ1v) is 8.23. The molecule has 0 radical (unpaired) electrons. The van der Waals surface area contributed by atoms with Gasteiger partial charge in [-0.25, -0.2) is 12.7 Å². The van der Waals surface area contributed by atoms with Crippen LogP contribution >= 0.6 is 0 Å². The Kier molecular flexibility index (Phi) is 6.44. The molecule has 0 amide bonds. The van der Waals surface area contributed by atoms with Crippen molar-refractivity contribution in [3.63, 3.8) is 0 Å². The van der Waals surface area contributed by atoms with Gasteiger partial charge in [-0.05, 0) is 25.7 Å². The summed E-state index contributed by atoms with van der Waals surface area (Å²) in [5.41, 5.74) is 0. The molecule has 4 nitrogen and oxygen atoms in total. The maximum atomic E-state index is 11.9. The van der Waals surface area contributed by atoms with E-state index >= 15 is 0 Å². The van der Waals surface area contributed by atoms with Crippen molar-refractivity contribution in [2.45, 2.75) is 51.6 Å². The van der Waals surface area contributed by atoms with Gasteiger partial charge in [0, 0.05) is 20.2 Å². The highest BCUT2D eigenvalue weighted by Gasteiger charge is 2.22. The molecule has 0 N–H and O–H groups in total. The van der Waals surface area contributed by atoms with Crippen molar-refractivity contribution in [1.82, 2.24) is 4.31 Å². The van der Waals surface area contributed by atoms with Crippen molar-refractivity contribution in [2.75, 3.05) is 26.0 Å². The molecular weight excluding hydrogens is 238 g/mol. The summed E-state index contributed by atoms with van der Waals surface area (Å²) < 4.78 is 30.9. The van der Waals surface area contributed by atoms with Gasteiger partial charge in [0.05, 0.1) is 11.9 Å². The third-order valence-corrected chi connectivity index (χ3v) is 5.12. The quantitative estimate of drug-likeness (QED) is 0.660. The molecule has 0 saturated carbocycles. The van der Waals surface area contributed by atoms with E-state index in [4.69, 9.17) is 4.74 Å². The summed E-state index contributed by atoms with van der Waals surface area (Å²) >= 11 is 0. The van der Waals surface area contributed by atoms with E-state index in [2.05, 4.69) is 6.92 Å². The minimum Gasteiger partial charge on any atom is -0.377 e. The summed E-state index contributed by atoms with van der Waals surface area (Å²) in [5.74, 6) is 0.268. The minimum atomic E-state index is -3.08. The van der Waals surface area contributed by atoms with E-state index in [1.807, 2.05) is 0 Å². The van der Waals surface area contributed by atoms with Crippen molar-refractivity contribution in [3.05, 3.63) is 0 Å². The van der Waals surface area contributed by atoms with Crippen LogP contribution in [-0.4, -0.2) is 44.8 Å². The zero-order chi connectivity index (χ0) is 12.7. The fourth-order valence-electron chi connectivity index (χ4n) is 2.04. The van der Waals surface area contributed by atoms with Gasteiger partial charge in [-0.15, -0.1) is 0 Å². The van der Waals surface area contributed by atoms with E-state index in [1.165, 1.54) is 4.31 Å². The molecule has 102 valence electrons. The Morgan fingerprint density at radius 2 is 2.06 bits per heavy atom. The van der Waals surface area contributed by atoms with Gasteiger partial charge in [-0.2, -0.15) is 0 Å². The largest absolute Gasteiger partial charge is 0.377 e. The molecule has 1 aliphatic rings.